The first-order valence-corrected chi connectivity index (χ1v) is 6.10. The monoisotopic (exact) mass is 195 g/mol. The molecule has 0 aromatic carbocycles. The normalized spacial score (nSPS) is 21.6. The molecule has 2 N–H and O–H groups in total. The lowest BCUT2D eigenvalue weighted by atomic mass is 9.82. The summed E-state index contributed by atoms with van der Waals surface area (Å²) >= 11 is 1.75. The Labute approximate surface area is 84.0 Å². The van der Waals surface area contributed by atoms with Crippen LogP contribution in [0.1, 0.15) is 43.7 Å². The predicted octanol–water partition coefficient (Wildman–Crippen LogP) is 3.33. The third kappa shape index (κ3) is 2.12. The van der Waals surface area contributed by atoms with Gasteiger partial charge in [0.15, 0.2) is 0 Å². The molecule has 0 amide bonds. The minimum Gasteiger partial charge on any atom is -0.324 e. The Morgan fingerprint density at radius 2 is 2.08 bits per heavy atom. The molecule has 0 unspecified atom stereocenters. The maximum atomic E-state index is 6.22. The standard InChI is InChI=1S/C11H17NS/c12-11(10-6-7-13-8-10)9-4-2-1-3-5-9/h6-9,11H,1-5,12H2/t11-/m0/s1. The van der Waals surface area contributed by atoms with Crippen molar-refractivity contribution in [3.8, 4) is 0 Å². The average Bonchev–Trinajstić information content (AvgIpc) is 2.71. The van der Waals surface area contributed by atoms with Crippen LogP contribution in [-0.4, -0.2) is 0 Å². The van der Waals surface area contributed by atoms with Crippen molar-refractivity contribution in [3.63, 3.8) is 0 Å². The Kier molecular flexibility index (Phi) is 3.01. The molecular weight excluding hydrogens is 178 g/mol. The van der Waals surface area contributed by atoms with Crippen molar-refractivity contribution >= 4 is 11.3 Å². The van der Waals surface area contributed by atoms with Crippen LogP contribution < -0.4 is 5.73 Å². The molecule has 0 saturated heterocycles. The van der Waals surface area contributed by atoms with E-state index in [1.165, 1.54) is 37.7 Å². The lowest BCUT2D eigenvalue weighted by Crippen LogP contribution is -2.22. The zero-order chi connectivity index (χ0) is 9.10. The van der Waals surface area contributed by atoms with Crippen molar-refractivity contribution in [3.05, 3.63) is 22.4 Å². The van der Waals surface area contributed by atoms with Crippen LogP contribution in [0.2, 0.25) is 0 Å². The summed E-state index contributed by atoms with van der Waals surface area (Å²) in [6.07, 6.45) is 6.83. The number of hydrogen-bond donors (Lipinski definition) is 1. The van der Waals surface area contributed by atoms with Crippen molar-refractivity contribution in [2.75, 3.05) is 0 Å². The molecule has 1 aromatic rings. The number of rotatable bonds is 2. The van der Waals surface area contributed by atoms with Gasteiger partial charge in [0.2, 0.25) is 0 Å². The zero-order valence-electron chi connectivity index (χ0n) is 7.91. The Hall–Kier alpha value is -0.340. The van der Waals surface area contributed by atoms with Gasteiger partial charge < -0.3 is 5.73 Å². The number of thiophene rings is 1. The fourth-order valence-electron chi connectivity index (χ4n) is 2.23. The fraction of sp³-hybridized carbons (Fsp3) is 0.636. The SMILES string of the molecule is N[C@H](c1ccsc1)C1CCCCC1. The van der Waals surface area contributed by atoms with Crippen LogP contribution in [0.25, 0.3) is 0 Å². The maximum Gasteiger partial charge on any atom is 0.0331 e. The summed E-state index contributed by atoms with van der Waals surface area (Å²) in [5.74, 6) is 0.739. The second kappa shape index (κ2) is 4.25. The van der Waals surface area contributed by atoms with Crippen LogP contribution in [-0.2, 0) is 0 Å². The van der Waals surface area contributed by atoms with E-state index < -0.39 is 0 Å². The average molecular weight is 195 g/mol. The maximum absolute atomic E-state index is 6.22. The van der Waals surface area contributed by atoms with E-state index in [0.29, 0.717) is 6.04 Å². The third-order valence-corrected chi connectivity index (χ3v) is 3.79. The summed E-state index contributed by atoms with van der Waals surface area (Å²) in [6, 6.07) is 2.47. The van der Waals surface area contributed by atoms with E-state index in [2.05, 4.69) is 16.8 Å². The molecule has 1 nitrogen and oxygen atoms in total. The van der Waals surface area contributed by atoms with E-state index >= 15 is 0 Å². The molecule has 0 bridgehead atoms. The van der Waals surface area contributed by atoms with Crippen molar-refractivity contribution in [1.29, 1.82) is 0 Å². The third-order valence-electron chi connectivity index (χ3n) is 3.09. The lowest BCUT2D eigenvalue weighted by Gasteiger charge is -2.26. The molecule has 0 aliphatic heterocycles. The molecule has 1 saturated carbocycles. The van der Waals surface area contributed by atoms with Gasteiger partial charge in [0.05, 0.1) is 0 Å². The second-order valence-electron chi connectivity index (χ2n) is 3.98. The van der Waals surface area contributed by atoms with E-state index in [9.17, 15) is 0 Å². The van der Waals surface area contributed by atoms with Gasteiger partial charge in [-0.1, -0.05) is 19.3 Å². The van der Waals surface area contributed by atoms with Crippen LogP contribution >= 0.6 is 11.3 Å². The topological polar surface area (TPSA) is 26.0 Å². The highest BCUT2D eigenvalue weighted by molar-refractivity contribution is 7.07. The van der Waals surface area contributed by atoms with Gasteiger partial charge in [-0.3, -0.25) is 0 Å². The highest BCUT2D eigenvalue weighted by atomic mass is 32.1. The summed E-state index contributed by atoms with van der Waals surface area (Å²) in [4.78, 5) is 0. The Balaban J connectivity index is 1.99. The summed E-state index contributed by atoms with van der Waals surface area (Å²) in [6.45, 7) is 0. The summed E-state index contributed by atoms with van der Waals surface area (Å²) in [7, 11) is 0. The Bertz CT molecular complexity index is 237. The quantitative estimate of drug-likeness (QED) is 0.769. The molecule has 2 rings (SSSR count). The van der Waals surface area contributed by atoms with E-state index in [0.717, 1.165) is 5.92 Å². The smallest absolute Gasteiger partial charge is 0.0331 e. The Morgan fingerprint density at radius 3 is 2.69 bits per heavy atom. The molecule has 1 aromatic heterocycles. The van der Waals surface area contributed by atoms with Gasteiger partial charge in [-0.25, -0.2) is 0 Å². The molecule has 1 atom stereocenters. The van der Waals surface area contributed by atoms with Crippen LogP contribution in [0.3, 0.4) is 0 Å². The molecule has 72 valence electrons. The molecule has 13 heavy (non-hydrogen) atoms. The molecule has 0 spiro atoms. The largest absolute Gasteiger partial charge is 0.324 e. The van der Waals surface area contributed by atoms with E-state index in [1.807, 2.05) is 0 Å². The van der Waals surface area contributed by atoms with Crippen molar-refractivity contribution in [2.24, 2.45) is 11.7 Å². The van der Waals surface area contributed by atoms with Gasteiger partial charge in [0, 0.05) is 6.04 Å². The van der Waals surface area contributed by atoms with Gasteiger partial charge in [0.25, 0.3) is 0 Å². The highest BCUT2D eigenvalue weighted by Crippen LogP contribution is 2.33. The molecule has 1 fully saturated rings. The Morgan fingerprint density at radius 1 is 1.31 bits per heavy atom. The summed E-state index contributed by atoms with van der Waals surface area (Å²) < 4.78 is 0. The van der Waals surface area contributed by atoms with Gasteiger partial charge >= 0.3 is 0 Å². The minimum absolute atomic E-state index is 0.298. The van der Waals surface area contributed by atoms with Gasteiger partial charge in [-0.15, -0.1) is 0 Å². The second-order valence-corrected chi connectivity index (χ2v) is 4.76. The molecular formula is C11H17NS. The summed E-state index contributed by atoms with van der Waals surface area (Å²) in [5.41, 5.74) is 7.57. The van der Waals surface area contributed by atoms with Gasteiger partial charge in [0.1, 0.15) is 0 Å². The van der Waals surface area contributed by atoms with Crippen molar-refractivity contribution in [2.45, 2.75) is 38.1 Å². The zero-order valence-corrected chi connectivity index (χ0v) is 8.72. The lowest BCUT2D eigenvalue weighted by molar-refractivity contribution is 0.308. The minimum atomic E-state index is 0.298. The van der Waals surface area contributed by atoms with E-state index in [1.54, 1.807) is 11.3 Å². The molecule has 1 aliphatic carbocycles. The fourth-order valence-corrected chi connectivity index (χ4v) is 2.94. The number of hydrogen-bond acceptors (Lipinski definition) is 2. The molecule has 1 aliphatic rings. The van der Waals surface area contributed by atoms with Gasteiger partial charge in [-0.05, 0) is 41.1 Å². The van der Waals surface area contributed by atoms with Crippen molar-refractivity contribution in [1.82, 2.24) is 0 Å². The first kappa shape index (κ1) is 9.22. The molecule has 2 heteroatoms. The highest BCUT2D eigenvalue weighted by Gasteiger charge is 2.21. The first-order valence-electron chi connectivity index (χ1n) is 5.15. The molecule has 1 heterocycles. The van der Waals surface area contributed by atoms with Crippen LogP contribution in [0, 0.1) is 5.92 Å². The first-order chi connectivity index (χ1) is 6.38. The van der Waals surface area contributed by atoms with Crippen LogP contribution in [0.5, 0.6) is 0 Å². The summed E-state index contributed by atoms with van der Waals surface area (Å²) in [5, 5.41) is 4.32. The van der Waals surface area contributed by atoms with Crippen LogP contribution in [0.15, 0.2) is 16.8 Å². The van der Waals surface area contributed by atoms with E-state index in [-0.39, 0.29) is 0 Å². The number of nitrogens with two attached hydrogens (primary N) is 1. The van der Waals surface area contributed by atoms with E-state index in [4.69, 9.17) is 5.73 Å². The predicted molar refractivity (Wildman–Crippen MR) is 57.8 cm³/mol. The van der Waals surface area contributed by atoms with Gasteiger partial charge in [-0.2, -0.15) is 11.3 Å². The molecule has 0 radical (unpaired) electrons. The van der Waals surface area contributed by atoms with Crippen molar-refractivity contribution < 1.29 is 0 Å². The van der Waals surface area contributed by atoms with Crippen LogP contribution in [0.4, 0.5) is 0 Å².